The second-order valence-corrected chi connectivity index (χ2v) is 14.7. The van der Waals surface area contributed by atoms with Crippen LogP contribution < -0.4 is 10.6 Å². The highest BCUT2D eigenvalue weighted by molar-refractivity contribution is 5.91. The highest BCUT2D eigenvalue weighted by atomic mass is 16.3. The van der Waals surface area contributed by atoms with Crippen LogP contribution >= 0.6 is 0 Å². The van der Waals surface area contributed by atoms with E-state index >= 15 is 0 Å². The molecule has 0 saturated heterocycles. The zero-order valence-corrected chi connectivity index (χ0v) is 30.5. The first-order valence-corrected chi connectivity index (χ1v) is 18.6. The number of nitrogens with zero attached hydrogens (tertiary/aromatic N) is 3. The molecule has 2 aromatic carbocycles. The first kappa shape index (κ1) is 39.6. The maximum atomic E-state index is 14.0. The van der Waals surface area contributed by atoms with Gasteiger partial charge in [-0.3, -0.25) is 14.4 Å². The lowest BCUT2D eigenvalue weighted by Crippen LogP contribution is -2.56. The number of nitrogens with one attached hydrogen (secondary N) is 2. The van der Waals surface area contributed by atoms with Gasteiger partial charge in [0.1, 0.15) is 12.1 Å². The van der Waals surface area contributed by atoms with Crippen molar-refractivity contribution in [3.05, 3.63) is 66.5 Å². The number of carbonyl (C=O) groups excluding carboxylic acids is 3. The standard InChI is InChI=1S/C41H57N5O5/c1-5-6-19-34(41(51)44-35(26-31-17-11-8-12-18-31)39(49)37(47)24-29(2)3)43-40(50)32(25-30-15-9-7-10-16-30)27-38(48)45(4)22-23-46-28-42-33-20-13-14-21-36(33)46/h1,7,9-10,13-16,20-21,28-29,31-32,34-35,37,39,47,49H,6,8,11-12,17-19,22-27H2,2-4H3,(H,43,50)(H,44,51)/t32?,34-,35?,37-,39+/m0/s1. The summed E-state index contributed by atoms with van der Waals surface area (Å²) in [7, 11) is 1.73. The van der Waals surface area contributed by atoms with E-state index in [0.717, 1.165) is 42.3 Å². The van der Waals surface area contributed by atoms with Crippen LogP contribution in [-0.4, -0.2) is 80.3 Å². The number of terminal acetylenes is 1. The molecule has 3 aromatic rings. The van der Waals surface area contributed by atoms with Crippen molar-refractivity contribution in [3.8, 4) is 12.3 Å². The van der Waals surface area contributed by atoms with Crippen LogP contribution in [0.3, 0.4) is 0 Å². The lowest BCUT2D eigenvalue weighted by atomic mass is 9.82. The average molecular weight is 700 g/mol. The number of para-hydroxylation sites is 2. The fraction of sp³-hybridized carbons (Fsp3) is 0.561. The lowest BCUT2D eigenvalue weighted by molar-refractivity contribution is -0.137. The molecule has 3 amide bonds. The summed E-state index contributed by atoms with van der Waals surface area (Å²) in [5.41, 5.74) is 2.77. The maximum Gasteiger partial charge on any atom is 0.242 e. The monoisotopic (exact) mass is 699 g/mol. The van der Waals surface area contributed by atoms with Crippen LogP contribution in [0.1, 0.15) is 83.6 Å². The van der Waals surface area contributed by atoms with E-state index in [9.17, 15) is 24.6 Å². The number of rotatable bonds is 19. The van der Waals surface area contributed by atoms with Gasteiger partial charge in [-0.15, -0.1) is 12.3 Å². The molecule has 4 rings (SSSR count). The van der Waals surface area contributed by atoms with Gasteiger partial charge in [0.05, 0.1) is 35.4 Å². The number of imidazole rings is 1. The van der Waals surface area contributed by atoms with Crippen LogP contribution in [0.5, 0.6) is 0 Å². The van der Waals surface area contributed by atoms with Gasteiger partial charge in [0.25, 0.3) is 0 Å². The summed E-state index contributed by atoms with van der Waals surface area (Å²) in [4.78, 5) is 47.6. The number of carbonyl (C=O) groups is 3. The Labute approximate surface area is 303 Å². The van der Waals surface area contributed by atoms with E-state index in [2.05, 4.69) is 21.5 Å². The third kappa shape index (κ3) is 12.2. The first-order chi connectivity index (χ1) is 24.5. The van der Waals surface area contributed by atoms with E-state index in [1.807, 2.05) is 73.0 Å². The molecule has 1 aromatic heterocycles. The fourth-order valence-electron chi connectivity index (χ4n) is 7.12. The van der Waals surface area contributed by atoms with E-state index < -0.39 is 42.0 Å². The van der Waals surface area contributed by atoms with Crippen molar-refractivity contribution in [2.45, 2.75) is 115 Å². The number of aliphatic hydroxyl groups is 2. The van der Waals surface area contributed by atoms with Crippen molar-refractivity contribution in [1.82, 2.24) is 25.1 Å². The van der Waals surface area contributed by atoms with E-state index in [1.165, 1.54) is 6.42 Å². The van der Waals surface area contributed by atoms with Crippen molar-refractivity contribution in [1.29, 1.82) is 0 Å². The SMILES string of the molecule is C#CCC[C@H](NC(=O)C(CC(=O)N(C)CCn1cnc2ccccc21)Cc1ccccc1)C(=O)NC(CC1CCCCC1)[C@@H](O)[C@@H](O)CC(C)C. The van der Waals surface area contributed by atoms with Crippen LogP contribution in [0.25, 0.3) is 11.0 Å². The van der Waals surface area contributed by atoms with Gasteiger partial charge in [-0.2, -0.15) is 0 Å². The Morgan fingerprint density at radius 3 is 2.41 bits per heavy atom. The van der Waals surface area contributed by atoms with Gasteiger partial charge in [0.15, 0.2) is 0 Å². The van der Waals surface area contributed by atoms with Gasteiger partial charge in [-0.25, -0.2) is 4.98 Å². The second kappa shape index (κ2) is 20.0. The molecular weight excluding hydrogens is 642 g/mol. The van der Waals surface area contributed by atoms with Gasteiger partial charge in [0.2, 0.25) is 17.7 Å². The van der Waals surface area contributed by atoms with Gasteiger partial charge in [-0.1, -0.05) is 88.4 Å². The number of aliphatic hydroxyl groups excluding tert-OH is 2. The van der Waals surface area contributed by atoms with Gasteiger partial charge < -0.3 is 30.3 Å². The molecular formula is C41H57N5O5. The molecule has 10 nitrogen and oxygen atoms in total. The molecule has 51 heavy (non-hydrogen) atoms. The van der Waals surface area contributed by atoms with Crippen molar-refractivity contribution < 1.29 is 24.6 Å². The number of hydrogen-bond donors (Lipinski definition) is 4. The molecule has 1 aliphatic carbocycles. The number of aromatic nitrogens is 2. The summed E-state index contributed by atoms with van der Waals surface area (Å²) in [6, 6.07) is 15.7. The normalized spacial score (nSPS) is 16.5. The Morgan fingerprint density at radius 2 is 1.71 bits per heavy atom. The Kier molecular flexibility index (Phi) is 15.5. The summed E-state index contributed by atoms with van der Waals surface area (Å²) in [5, 5.41) is 28.1. The number of amides is 3. The van der Waals surface area contributed by atoms with Gasteiger partial charge in [-0.05, 0) is 55.2 Å². The highest BCUT2D eigenvalue weighted by Gasteiger charge is 2.34. The zero-order valence-electron chi connectivity index (χ0n) is 30.5. The second-order valence-electron chi connectivity index (χ2n) is 14.7. The summed E-state index contributed by atoms with van der Waals surface area (Å²) >= 11 is 0. The number of fused-ring (bicyclic) bond motifs is 1. The smallest absolute Gasteiger partial charge is 0.242 e. The van der Waals surface area contributed by atoms with Gasteiger partial charge >= 0.3 is 0 Å². The van der Waals surface area contributed by atoms with Gasteiger partial charge in [0, 0.05) is 33.0 Å². The number of benzene rings is 2. The van der Waals surface area contributed by atoms with Crippen LogP contribution in [0, 0.1) is 30.1 Å². The molecule has 0 bridgehead atoms. The molecule has 0 spiro atoms. The minimum absolute atomic E-state index is 0.0458. The van der Waals surface area contributed by atoms with Crippen molar-refractivity contribution >= 4 is 28.8 Å². The molecule has 4 N–H and O–H groups in total. The molecule has 0 radical (unpaired) electrons. The van der Waals surface area contributed by atoms with E-state index in [4.69, 9.17) is 6.42 Å². The highest BCUT2D eigenvalue weighted by Crippen LogP contribution is 2.29. The quantitative estimate of drug-likeness (QED) is 0.132. The predicted octanol–water partition coefficient (Wildman–Crippen LogP) is 4.87. The van der Waals surface area contributed by atoms with Crippen LogP contribution in [0.2, 0.25) is 0 Å². The average Bonchev–Trinajstić information content (AvgIpc) is 3.54. The molecule has 10 heteroatoms. The van der Waals surface area contributed by atoms with E-state index in [-0.39, 0.29) is 31.1 Å². The largest absolute Gasteiger partial charge is 0.390 e. The molecule has 1 heterocycles. The lowest BCUT2D eigenvalue weighted by Gasteiger charge is -2.34. The Bertz CT molecular complexity index is 1580. The third-order valence-electron chi connectivity index (χ3n) is 10.1. The topological polar surface area (TPSA) is 137 Å². The predicted molar refractivity (Wildman–Crippen MR) is 200 cm³/mol. The number of likely N-dealkylation sites (N-methyl/N-ethyl adjacent to an activating group) is 1. The minimum atomic E-state index is -1.15. The Hall–Kier alpha value is -4.20. The summed E-state index contributed by atoms with van der Waals surface area (Å²) in [6.07, 6.45) is 12.3. The maximum absolute atomic E-state index is 14.0. The van der Waals surface area contributed by atoms with E-state index in [0.29, 0.717) is 38.3 Å². The summed E-state index contributed by atoms with van der Waals surface area (Å²) in [5.74, 6) is 1.27. The van der Waals surface area contributed by atoms with Crippen LogP contribution in [-0.2, 0) is 27.3 Å². The summed E-state index contributed by atoms with van der Waals surface area (Å²) in [6.45, 7) is 4.93. The molecule has 0 aliphatic heterocycles. The summed E-state index contributed by atoms with van der Waals surface area (Å²) < 4.78 is 2.00. The van der Waals surface area contributed by atoms with Crippen molar-refractivity contribution in [2.24, 2.45) is 17.8 Å². The molecule has 1 saturated carbocycles. The van der Waals surface area contributed by atoms with E-state index in [1.54, 1.807) is 18.3 Å². The molecule has 1 aliphatic rings. The zero-order chi connectivity index (χ0) is 36.8. The van der Waals surface area contributed by atoms with Crippen molar-refractivity contribution in [2.75, 3.05) is 13.6 Å². The number of hydrogen-bond acceptors (Lipinski definition) is 6. The Balaban J connectivity index is 1.47. The fourth-order valence-corrected chi connectivity index (χ4v) is 7.12. The first-order valence-electron chi connectivity index (χ1n) is 18.6. The van der Waals surface area contributed by atoms with Crippen LogP contribution in [0.15, 0.2) is 60.9 Å². The Morgan fingerprint density at radius 1 is 1.00 bits per heavy atom. The molecule has 276 valence electrons. The molecule has 2 unspecified atom stereocenters. The van der Waals surface area contributed by atoms with Crippen molar-refractivity contribution in [3.63, 3.8) is 0 Å². The molecule has 1 fully saturated rings. The van der Waals surface area contributed by atoms with Crippen LogP contribution in [0.4, 0.5) is 0 Å². The molecule has 5 atom stereocenters. The third-order valence-corrected chi connectivity index (χ3v) is 10.1. The minimum Gasteiger partial charge on any atom is -0.390 e.